The quantitative estimate of drug-likeness (QED) is 0.816. The summed E-state index contributed by atoms with van der Waals surface area (Å²) in [7, 11) is 0.348. The third kappa shape index (κ3) is 3.16. The molecule has 0 unspecified atom stereocenters. The van der Waals surface area contributed by atoms with Crippen molar-refractivity contribution in [1.82, 2.24) is 4.90 Å². The highest BCUT2D eigenvalue weighted by molar-refractivity contribution is 6.76. The first kappa shape index (κ1) is 14.5. The minimum absolute atomic E-state index is 0.106. The van der Waals surface area contributed by atoms with E-state index in [-0.39, 0.29) is 11.7 Å². The molecule has 2 rings (SSSR count). The van der Waals surface area contributed by atoms with Crippen LogP contribution in [0.3, 0.4) is 0 Å². The molecule has 0 N–H and O–H groups in total. The first-order chi connectivity index (χ1) is 9.28. The molecule has 0 saturated carbocycles. The first-order valence-electron chi connectivity index (χ1n) is 6.56. The standard InChI is InChI=1S/C15H19NO3Si/c1-16(10-20(2,3)4)14(17)13-9-11-7-5-6-8-12(11)15(18)19-13/h5-9H,10H2,1-4H3. The molecule has 1 aromatic heterocycles. The van der Waals surface area contributed by atoms with Crippen molar-refractivity contribution in [2.24, 2.45) is 0 Å². The van der Waals surface area contributed by atoms with E-state index >= 15 is 0 Å². The first-order valence-corrected chi connectivity index (χ1v) is 10.3. The van der Waals surface area contributed by atoms with Crippen molar-refractivity contribution in [2.75, 3.05) is 13.2 Å². The molecule has 1 amide bonds. The van der Waals surface area contributed by atoms with Crippen molar-refractivity contribution < 1.29 is 9.21 Å². The number of fused-ring (bicyclic) bond motifs is 1. The zero-order chi connectivity index (χ0) is 14.9. The molecule has 106 valence electrons. The van der Waals surface area contributed by atoms with Gasteiger partial charge < -0.3 is 9.32 Å². The summed E-state index contributed by atoms with van der Waals surface area (Å²) in [5.74, 6) is -0.135. The van der Waals surface area contributed by atoms with Crippen LogP contribution in [0.15, 0.2) is 39.5 Å². The largest absolute Gasteiger partial charge is 0.417 e. The second-order valence-corrected chi connectivity index (χ2v) is 11.6. The molecule has 0 aliphatic carbocycles. The Labute approximate surface area is 119 Å². The molecule has 0 fully saturated rings. The molecule has 1 aromatic carbocycles. The number of nitrogens with zero attached hydrogens (tertiary/aromatic N) is 1. The predicted molar refractivity (Wildman–Crippen MR) is 82.8 cm³/mol. The smallest absolute Gasteiger partial charge is 0.344 e. The topological polar surface area (TPSA) is 50.5 Å². The lowest BCUT2D eigenvalue weighted by Crippen LogP contribution is -2.41. The van der Waals surface area contributed by atoms with E-state index in [1.807, 2.05) is 12.1 Å². The van der Waals surface area contributed by atoms with Crippen LogP contribution in [-0.2, 0) is 0 Å². The molecule has 5 heteroatoms. The fraction of sp³-hybridized carbons (Fsp3) is 0.333. The van der Waals surface area contributed by atoms with E-state index in [0.717, 1.165) is 11.6 Å². The third-order valence-electron chi connectivity index (χ3n) is 2.94. The minimum atomic E-state index is -1.40. The van der Waals surface area contributed by atoms with Gasteiger partial charge in [-0.15, -0.1) is 0 Å². The van der Waals surface area contributed by atoms with Gasteiger partial charge in [0.1, 0.15) is 0 Å². The molecule has 20 heavy (non-hydrogen) atoms. The Hall–Kier alpha value is -1.88. The second-order valence-electron chi connectivity index (χ2n) is 6.21. The summed E-state index contributed by atoms with van der Waals surface area (Å²) in [6.45, 7) is 6.56. The van der Waals surface area contributed by atoms with Gasteiger partial charge in [0.25, 0.3) is 5.91 Å². The van der Waals surface area contributed by atoms with Gasteiger partial charge in [0.15, 0.2) is 5.76 Å². The molecule has 4 nitrogen and oxygen atoms in total. The molecule has 0 bridgehead atoms. The Morgan fingerprint density at radius 3 is 2.55 bits per heavy atom. The molecule has 0 radical (unpaired) electrons. The highest BCUT2D eigenvalue weighted by Crippen LogP contribution is 2.14. The number of rotatable bonds is 3. The molecule has 1 heterocycles. The molecule has 0 atom stereocenters. The maximum Gasteiger partial charge on any atom is 0.344 e. The van der Waals surface area contributed by atoms with Crippen LogP contribution in [0.25, 0.3) is 10.8 Å². The van der Waals surface area contributed by atoms with Gasteiger partial charge in [0, 0.05) is 13.2 Å². The van der Waals surface area contributed by atoms with E-state index in [2.05, 4.69) is 19.6 Å². The van der Waals surface area contributed by atoms with Crippen molar-refractivity contribution in [1.29, 1.82) is 0 Å². The summed E-state index contributed by atoms with van der Waals surface area (Å²) in [5.41, 5.74) is -0.465. The molecule has 0 aliphatic heterocycles. The van der Waals surface area contributed by atoms with Gasteiger partial charge in [0.05, 0.1) is 13.5 Å². The Morgan fingerprint density at radius 1 is 1.25 bits per heavy atom. The Morgan fingerprint density at radius 2 is 1.90 bits per heavy atom. The number of hydrogen-bond acceptors (Lipinski definition) is 3. The average molecular weight is 289 g/mol. The van der Waals surface area contributed by atoms with Crippen molar-refractivity contribution in [3.05, 3.63) is 46.5 Å². The number of amides is 1. The van der Waals surface area contributed by atoms with E-state index in [1.165, 1.54) is 0 Å². The van der Waals surface area contributed by atoms with Crippen LogP contribution in [0.4, 0.5) is 0 Å². The van der Waals surface area contributed by atoms with Gasteiger partial charge in [0.2, 0.25) is 0 Å². The minimum Gasteiger partial charge on any atom is -0.417 e. The molecule has 2 aromatic rings. The fourth-order valence-corrected chi connectivity index (χ4v) is 3.78. The Balaban J connectivity index is 2.38. The van der Waals surface area contributed by atoms with Crippen molar-refractivity contribution in [3.8, 4) is 0 Å². The average Bonchev–Trinajstić information content (AvgIpc) is 2.35. The van der Waals surface area contributed by atoms with E-state index in [4.69, 9.17) is 4.42 Å². The summed E-state index contributed by atoms with van der Waals surface area (Å²) >= 11 is 0. The van der Waals surface area contributed by atoms with Crippen LogP contribution in [-0.4, -0.2) is 32.1 Å². The SMILES string of the molecule is CN(C[Si](C)(C)C)C(=O)c1cc2ccccc2c(=O)o1. The maximum absolute atomic E-state index is 12.3. The number of carbonyl (C=O) groups is 1. The van der Waals surface area contributed by atoms with Crippen LogP contribution in [0, 0.1) is 0 Å². The summed E-state index contributed by atoms with van der Waals surface area (Å²) in [6, 6.07) is 8.75. The van der Waals surface area contributed by atoms with Crippen LogP contribution in [0.1, 0.15) is 10.6 Å². The predicted octanol–water partition coefficient (Wildman–Crippen LogP) is 2.74. The maximum atomic E-state index is 12.3. The van der Waals surface area contributed by atoms with Gasteiger partial charge in [-0.3, -0.25) is 4.79 Å². The van der Waals surface area contributed by atoms with E-state index in [0.29, 0.717) is 5.39 Å². The summed E-state index contributed by atoms with van der Waals surface area (Å²) in [6.07, 6.45) is 0.725. The highest BCUT2D eigenvalue weighted by Gasteiger charge is 2.22. The Bertz CT molecular complexity index is 700. The zero-order valence-corrected chi connectivity index (χ0v) is 13.3. The van der Waals surface area contributed by atoms with Crippen LogP contribution >= 0.6 is 0 Å². The molecular weight excluding hydrogens is 270 g/mol. The fourth-order valence-electron chi connectivity index (χ4n) is 2.21. The summed E-state index contributed by atoms with van der Waals surface area (Å²) < 4.78 is 5.16. The highest BCUT2D eigenvalue weighted by atomic mass is 28.3. The lowest BCUT2D eigenvalue weighted by molar-refractivity contribution is 0.0780. The van der Waals surface area contributed by atoms with Gasteiger partial charge in [-0.05, 0) is 17.5 Å². The summed E-state index contributed by atoms with van der Waals surface area (Å²) in [4.78, 5) is 25.9. The van der Waals surface area contributed by atoms with Crippen molar-refractivity contribution >= 4 is 24.8 Å². The van der Waals surface area contributed by atoms with Crippen molar-refractivity contribution in [3.63, 3.8) is 0 Å². The number of carbonyl (C=O) groups excluding carboxylic acids is 1. The van der Waals surface area contributed by atoms with E-state index < -0.39 is 13.7 Å². The molecule has 0 aliphatic rings. The lowest BCUT2D eigenvalue weighted by Gasteiger charge is -2.24. The Kier molecular flexibility index (Phi) is 3.81. The van der Waals surface area contributed by atoms with E-state index in [9.17, 15) is 9.59 Å². The second kappa shape index (κ2) is 5.24. The number of hydrogen-bond donors (Lipinski definition) is 0. The third-order valence-corrected chi connectivity index (χ3v) is 4.36. The summed E-state index contributed by atoms with van der Waals surface area (Å²) in [5, 5.41) is 1.23. The van der Waals surface area contributed by atoms with Gasteiger partial charge in [-0.25, -0.2) is 4.79 Å². The van der Waals surface area contributed by atoms with Gasteiger partial charge >= 0.3 is 5.63 Å². The van der Waals surface area contributed by atoms with Crippen molar-refractivity contribution in [2.45, 2.75) is 19.6 Å². The zero-order valence-electron chi connectivity index (χ0n) is 12.3. The lowest BCUT2D eigenvalue weighted by atomic mass is 10.1. The van der Waals surface area contributed by atoms with E-state index in [1.54, 1.807) is 30.1 Å². The monoisotopic (exact) mass is 289 g/mol. The van der Waals surface area contributed by atoms with Crippen LogP contribution < -0.4 is 5.63 Å². The van der Waals surface area contributed by atoms with Crippen LogP contribution in [0.2, 0.25) is 19.6 Å². The number of benzene rings is 1. The van der Waals surface area contributed by atoms with Gasteiger partial charge in [-0.2, -0.15) is 0 Å². The molecule has 0 spiro atoms. The van der Waals surface area contributed by atoms with Crippen LogP contribution in [0.5, 0.6) is 0 Å². The van der Waals surface area contributed by atoms with Gasteiger partial charge in [-0.1, -0.05) is 37.8 Å². The molecule has 0 saturated heterocycles. The normalized spacial score (nSPS) is 11.6. The molecular formula is C15H19NO3Si.